The number of rotatable bonds is 10. The molecule has 1 saturated carbocycles. The van der Waals surface area contributed by atoms with Gasteiger partial charge in [0, 0.05) is 18.7 Å². The molecule has 33 heavy (non-hydrogen) atoms. The Balaban J connectivity index is 1.05. The monoisotopic (exact) mass is 446 g/mol. The maximum atomic E-state index is 11.9. The largest absolute Gasteiger partial charge is 0.329 e. The van der Waals surface area contributed by atoms with E-state index in [0.717, 1.165) is 56.5 Å². The van der Waals surface area contributed by atoms with Gasteiger partial charge in [0.2, 0.25) is 5.91 Å². The van der Waals surface area contributed by atoms with Gasteiger partial charge in [-0.05, 0) is 81.7 Å². The summed E-state index contributed by atoms with van der Waals surface area (Å²) in [4.78, 5) is 20.9. The van der Waals surface area contributed by atoms with E-state index in [1.54, 1.807) is 6.33 Å². The molecule has 1 fully saturated rings. The van der Waals surface area contributed by atoms with Crippen LogP contribution in [-0.4, -0.2) is 46.6 Å². The van der Waals surface area contributed by atoms with E-state index >= 15 is 0 Å². The standard InChI is InChI=1S/C26H34N6O/c33-23-10-8-21-17-32(26-24(21)25(31-23)29-18-30-26)22-9-7-20(15-22)16-28-13-4-12-27-14-11-19-5-2-1-3-6-19/h1-3,5-6,17-18,20,22,27-28H,4,7-16H2,(H,29,30,31,33). The van der Waals surface area contributed by atoms with Crippen molar-refractivity contribution in [3.8, 4) is 0 Å². The molecule has 1 aliphatic carbocycles. The molecule has 3 heterocycles. The number of aromatic nitrogens is 3. The highest BCUT2D eigenvalue weighted by Crippen LogP contribution is 2.39. The van der Waals surface area contributed by atoms with Gasteiger partial charge in [-0.1, -0.05) is 30.3 Å². The molecule has 3 aromatic rings. The second-order valence-corrected chi connectivity index (χ2v) is 9.41. The van der Waals surface area contributed by atoms with Crippen molar-refractivity contribution in [2.75, 3.05) is 31.5 Å². The number of benzene rings is 1. The van der Waals surface area contributed by atoms with Crippen molar-refractivity contribution in [3.05, 3.63) is 54.0 Å². The van der Waals surface area contributed by atoms with Gasteiger partial charge in [-0.3, -0.25) is 4.79 Å². The third-order valence-corrected chi connectivity index (χ3v) is 7.05. The van der Waals surface area contributed by atoms with Crippen LogP contribution in [0.4, 0.5) is 5.82 Å². The summed E-state index contributed by atoms with van der Waals surface area (Å²) in [6.45, 7) is 4.25. The molecule has 0 radical (unpaired) electrons. The smallest absolute Gasteiger partial charge is 0.225 e. The van der Waals surface area contributed by atoms with E-state index in [9.17, 15) is 4.79 Å². The molecule has 1 amide bonds. The summed E-state index contributed by atoms with van der Waals surface area (Å²) >= 11 is 0. The first-order valence-electron chi connectivity index (χ1n) is 12.4. The lowest BCUT2D eigenvalue weighted by Crippen LogP contribution is -2.26. The molecule has 2 atom stereocenters. The summed E-state index contributed by atoms with van der Waals surface area (Å²) in [5, 5.41) is 11.2. The topological polar surface area (TPSA) is 83.9 Å². The fraction of sp³-hybridized carbons (Fsp3) is 0.500. The maximum absolute atomic E-state index is 11.9. The van der Waals surface area contributed by atoms with Crippen LogP contribution in [0.2, 0.25) is 0 Å². The lowest BCUT2D eigenvalue weighted by Gasteiger charge is -2.15. The lowest BCUT2D eigenvalue weighted by molar-refractivity contribution is -0.116. The molecule has 3 N–H and O–H groups in total. The summed E-state index contributed by atoms with van der Waals surface area (Å²) in [5.74, 6) is 1.41. The highest BCUT2D eigenvalue weighted by atomic mass is 16.1. The fourth-order valence-electron chi connectivity index (χ4n) is 5.30. The number of anilines is 1. The van der Waals surface area contributed by atoms with Gasteiger partial charge in [0.25, 0.3) is 0 Å². The Kier molecular flexibility index (Phi) is 6.98. The molecule has 174 valence electrons. The molecule has 1 aromatic carbocycles. The van der Waals surface area contributed by atoms with Crippen molar-refractivity contribution >= 4 is 22.8 Å². The van der Waals surface area contributed by atoms with Gasteiger partial charge >= 0.3 is 0 Å². The number of aryl methyl sites for hydroxylation is 1. The van der Waals surface area contributed by atoms with Crippen molar-refractivity contribution < 1.29 is 4.79 Å². The summed E-state index contributed by atoms with van der Waals surface area (Å²) in [6, 6.07) is 11.1. The minimum Gasteiger partial charge on any atom is -0.329 e. The van der Waals surface area contributed by atoms with Crippen molar-refractivity contribution in [2.24, 2.45) is 5.92 Å². The van der Waals surface area contributed by atoms with E-state index in [1.165, 1.54) is 30.4 Å². The van der Waals surface area contributed by atoms with Gasteiger partial charge in [-0.25, -0.2) is 9.97 Å². The lowest BCUT2D eigenvalue weighted by atomic mass is 10.1. The SMILES string of the molecule is O=C1CCc2cn(C3CCC(CNCCCNCCc4ccccc4)C3)c3ncnc(c23)N1. The van der Waals surface area contributed by atoms with Crippen LogP contribution in [0.3, 0.4) is 0 Å². The van der Waals surface area contributed by atoms with E-state index in [2.05, 4.69) is 67.0 Å². The Morgan fingerprint density at radius 2 is 1.91 bits per heavy atom. The summed E-state index contributed by atoms with van der Waals surface area (Å²) in [6.07, 6.45) is 10.9. The zero-order chi connectivity index (χ0) is 22.5. The molecule has 0 saturated heterocycles. The van der Waals surface area contributed by atoms with Gasteiger partial charge in [-0.2, -0.15) is 0 Å². The van der Waals surface area contributed by atoms with E-state index in [0.29, 0.717) is 24.2 Å². The first kappa shape index (κ1) is 22.0. The van der Waals surface area contributed by atoms with Crippen LogP contribution < -0.4 is 16.0 Å². The van der Waals surface area contributed by atoms with Gasteiger partial charge in [0.1, 0.15) is 17.8 Å². The average molecular weight is 447 g/mol. The molecule has 2 aliphatic rings. The highest BCUT2D eigenvalue weighted by Gasteiger charge is 2.29. The van der Waals surface area contributed by atoms with Crippen LogP contribution in [0.15, 0.2) is 42.9 Å². The van der Waals surface area contributed by atoms with E-state index in [4.69, 9.17) is 0 Å². The number of amides is 1. The first-order chi connectivity index (χ1) is 16.3. The zero-order valence-electron chi connectivity index (χ0n) is 19.2. The molecule has 1 aliphatic heterocycles. The fourth-order valence-corrected chi connectivity index (χ4v) is 5.30. The maximum Gasteiger partial charge on any atom is 0.225 e. The molecular weight excluding hydrogens is 412 g/mol. The Morgan fingerprint density at radius 3 is 2.82 bits per heavy atom. The molecule has 2 unspecified atom stereocenters. The quantitative estimate of drug-likeness (QED) is 0.416. The highest BCUT2D eigenvalue weighted by molar-refractivity contribution is 6.02. The number of nitrogens with zero attached hydrogens (tertiary/aromatic N) is 3. The van der Waals surface area contributed by atoms with Crippen molar-refractivity contribution in [3.63, 3.8) is 0 Å². The van der Waals surface area contributed by atoms with Crippen LogP contribution in [-0.2, 0) is 17.6 Å². The Hall–Kier alpha value is -2.77. The van der Waals surface area contributed by atoms with Crippen LogP contribution >= 0.6 is 0 Å². The van der Waals surface area contributed by atoms with Crippen LogP contribution in [0.25, 0.3) is 11.0 Å². The van der Waals surface area contributed by atoms with E-state index < -0.39 is 0 Å². The first-order valence-corrected chi connectivity index (χ1v) is 12.4. The average Bonchev–Trinajstić information content (AvgIpc) is 3.41. The Bertz CT molecular complexity index is 1080. The number of carbonyl (C=O) groups excluding carboxylic acids is 1. The van der Waals surface area contributed by atoms with E-state index in [1.807, 2.05) is 0 Å². The van der Waals surface area contributed by atoms with Crippen LogP contribution in [0.5, 0.6) is 0 Å². The second kappa shape index (κ2) is 10.4. The summed E-state index contributed by atoms with van der Waals surface area (Å²) < 4.78 is 2.35. The molecule has 0 spiro atoms. The molecule has 7 nitrogen and oxygen atoms in total. The zero-order valence-corrected chi connectivity index (χ0v) is 19.2. The Morgan fingerprint density at radius 1 is 1.03 bits per heavy atom. The second-order valence-electron chi connectivity index (χ2n) is 9.41. The minimum atomic E-state index is 0.0381. The van der Waals surface area contributed by atoms with Gasteiger partial charge in [0.15, 0.2) is 0 Å². The van der Waals surface area contributed by atoms with Gasteiger partial charge in [-0.15, -0.1) is 0 Å². The molecular formula is C26H34N6O. The number of carbonyl (C=O) groups is 1. The number of hydrogen-bond acceptors (Lipinski definition) is 5. The number of hydrogen-bond donors (Lipinski definition) is 3. The third-order valence-electron chi connectivity index (χ3n) is 7.05. The van der Waals surface area contributed by atoms with Crippen molar-refractivity contribution in [1.82, 2.24) is 25.2 Å². The predicted octanol–water partition coefficient (Wildman–Crippen LogP) is 3.47. The molecule has 7 heteroatoms. The normalized spacial score (nSPS) is 20.2. The van der Waals surface area contributed by atoms with Gasteiger partial charge < -0.3 is 20.5 Å². The Labute approximate surface area is 195 Å². The van der Waals surface area contributed by atoms with Crippen molar-refractivity contribution in [2.45, 2.75) is 51.0 Å². The summed E-state index contributed by atoms with van der Waals surface area (Å²) in [5.41, 5.74) is 3.56. The van der Waals surface area contributed by atoms with Crippen LogP contribution in [0, 0.1) is 5.92 Å². The number of nitrogens with one attached hydrogen (secondary N) is 3. The van der Waals surface area contributed by atoms with Crippen LogP contribution in [0.1, 0.15) is 49.3 Å². The minimum absolute atomic E-state index is 0.0381. The van der Waals surface area contributed by atoms with Crippen molar-refractivity contribution in [1.29, 1.82) is 0 Å². The molecule has 0 bridgehead atoms. The van der Waals surface area contributed by atoms with Gasteiger partial charge in [0.05, 0.1) is 5.39 Å². The molecule has 2 aromatic heterocycles. The molecule has 5 rings (SSSR count). The van der Waals surface area contributed by atoms with E-state index in [-0.39, 0.29) is 5.91 Å². The third kappa shape index (κ3) is 5.25. The predicted molar refractivity (Wildman–Crippen MR) is 131 cm³/mol. The summed E-state index contributed by atoms with van der Waals surface area (Å²) in [7, 11) is 0.